The second-order valence-corrected chi connectivity index (χ2v) is 8.44. The summed E-state index contributed by atoms with van der Waals surface area (Å²) in [5, 5.41) is 13.5. The van der Waals surface area contributed by atoms with Crippen LogP contribution in [0.1, 0.15) is 29.7 Å². The lowest BCUT2D eigenvalue weighted by Gasteiger charge is -2.13. The van der Waals surface area contributed by atoms with Crippen molar-refractivity contribution >= 4 is 57.9 Å². The Labute approximate surface area is 181 Å². The largest absolute Gasteiger partial charge is 0.481 e. The molecule has 1 aliphatic heterocycles. The van der Waals surface area contributed by atoms with Crippen molar-refractivity contribution in [2.75, 3.05) is 6.54 Å². The fraction of sp³-hybridized carbons (Fsp3) is 0.263. The van der Waals surface area contributed by atoms with E-state index in [2.05, 4.69) is 5.10 Å². The van der Waals surface area contributed by atoms with Crippen molar-refractivity contribution in [3.8, 4) is 0 Å². The van der Waals surface area contributed by atoms with Crippen LogP contribution < -0.4 is 0 Å². The minimum atomic E-state index is -0.915. The van der Waals surface area contributed by atoms with Crippen LogP contribution in [0.3, 0.4) is 0 Å². The molecule has 2 aromatic rings. The molecule has 29 heavy (non-hydrogen) atoms. The van der Waals surface area contributed by atoms with E-state index >= 15 is 0 Å². The molecule has 3 rings (SSSR count). The molecule has 6 nitrogen and oxygen atoms in total. The van der Waals surface area contributed by atoms with Gasteiger partial charge in [-0.05, 0) is 37.1 Å². The third kappa shape index (κ3) is 5.04. The van der Waals surface area contributed by atoms with Crippen LogP contribution in [0, 0.1) is 12.7 Å². The molecule has 1 fully saturated rings. The SMILES string of the molecule is Cc1nn(Cc2ccc(F)cc2)c(Cl)c1/C=C1\SC(=S)N(CCCC(=O)O)C1=O. The molecule has 1 N–H and O–H groups in total. The van der Waals surface area contributed by atoms with Gasteiger partial charge in [0.05, 0.1) is 17.1 Å². The van der Waals surface area contributed by atoms with Crippen LogP contribution in [0.2, 0.25) is 5.15 Å². The Morgan fingerprint density at radius 1 is 1.38 bits per heavy atom. The van der Waals surface area contributed by atoms with Crippen molar-refractivity contribution in [3.05, 3.63) is 57.0 Å². The number of aromatic nitrogens is 2. The summed E-state index contributed by atoms with van der Waals surface area (Å²) in [5.74, 6) is -1.50. The molecule has 0 atom stereocenters. The summed E-state index contributed by atoms with van der Waals surface area (Å²) in [7, 11) is 0. The normalized spacial score (nSPS) is 15.6. The van der Waals surface area contributed by atoms with Crippen LogP contribution in [-0.4, -0.2) is 42.5 Å². The molecule has 0 unspecified atom stereocenters. The van der Waals surface area contributed by atoms with Gasteiger partial charge in [-0.25, -0.2) is 9.07 Å². The smallest absolute Gasteiger partial charge is 0.303 e. The van der Waals surface area contributed by atoms with Gasteiger partial charge < -0.3 is 5.11 Å². The van der Waals surface area contributed by atoms with E-state index in [1.165, 1.54) is 17.0 Å². The van der Waals surface area contributed by atoms with E-state index in [0.717, 1.165) is 17.3 Å². The van der Waals surface area contributed by atoms with Crippen molar-refractivity contribution in [1.29, 1.82) is 0 Å². The molecule has 0 radical (unpaired) electrons. The number of carboxylic acid groups (broad SMARTS) is 1. The monoisotopic (exact) mass is 453 g/mol. The van der Waals surface area contributed by atoms with E-state index in [9.17, 15) is 14.0 Å². The molecular weight excluding hydrogens is 437 g/mol. The molecule has 10 heteroatoms. The summed E-state index contributed by atoms with van der Waals surface area (Å²) in [6.45, 7) is 2.40. The quantitative estimate of drug-likeness (QED) is 0.502. The first-order chi connectivity index (χ1) is 13.8. The minimum Gasteiger partial charge on any atom is -0.481 e. The van der Waals surface area contributed by atoms with Gasteiger partial charge >= 0.3 is 5.97 Å². The molecule has 0 spiro atoms. The number of carbonyl (C=O) groups excluding carboxylic acids is 1. The van der Waals surface area contributed by atoms with Crippen molar-refractivity contribution in [1.82, 2.24) is 14.7 Å². The number of hydrogen-bond acceptors (Lipinski definition) is 5. The van der Waals surface area contributed by atoms with Gasteiger partial charge in [-0.15, -0.1) is 0 Å². The Kier molecular flexibility index (Phi) is 6.71. The maximum Gasteiger partial charge on any atom is 0.303 e. The van der Waals surface area contributed by atoms with Crippen molar-refractivity contribution < 1.29 is 19.1 Å². The van der Waals surface area contributed by atoms with Gasteiger partial charge in [0.1, 0.15) is 15.3 Å². The third-order valence-electron chi connectivity index (χ3n) is 4.28. The van der Waals surface area contributed by atoms with Crippen LogP contribution in [-0.2, 0) is 16.1 Å². The minimum absolute atomic E-state index is 0.0306. The molecule has 152 valence electrons. The van der Waals surface area contributed by atoms with E-state index in [-0.39, 0.29) is 24.7 Å². The van der Waals surface area contributed by atoms with Crippen LogP contribution in [0.5, 0.6) is 0 Å². The molecule has 1 aromatic carbocycles. The fourth-order valence-electron chi connectivity index (χ4n) is 2.81. The molecule has 0 bridgehead atoms. The van der Waals surface area contributed by atoms with Crippen LogP contribution in [0.15, 0.2) is 29.2 Å². The topological polar surface area (TPSA) is 75.4 Å². The average molecular weight is 454 g/mol. The Bertz CT molecular complexity index is 1000. The highest BCUT2D eigenvalue weighted by Crippen LogP contribution is 2.34. The first-order valence-corrected chi connectivity index (χ1v) is 10.3. The Balaban J connectivity index is 1.78. The zero-order valence-electron chi connectivity index (χ0n) is 15.4. The highest BCUT2D eigenvalue weighted by Gasteiger charge is 2.32. The maximum atomic E-state index is 13.1. The van der Waals surface area contributed by atoms with Gasteiger partial charge in [0, 0.05) is 18.5 Å². The molecule has 1 saturated heterocycles. The number of aliphatic carboxylic acids is 1. The first kappa shape index (κ1) is 21.5. The number of carbonyl (C=O) groups is 2. The number of benzene rings is 1. The summed E-state index contributed by atoms with van der Waals surface area (Å²) in [5.41, 5.74) is 2.10. The summed E-state index contributed by atoms with van der Waals surface area (Å²) in [4.78, 5) is 25.1. The number of hydrogen-bond donors (Lipinski definition) is 1. The molecule has 2 heterocycles. The predicted octanol–water partition coefficient (Wildman–Crippen LogP) is 4.10. The van der Waals surface area contributed by atoms with Crippen LogP contribution >= 0.6 is 35.6 Å². The fourth-order valence-corrected chi connectivity index (χ4v) is 4.39. The van der Waals surface area contributed by atoms with Crippen molar-refractivity contribution in [2.45, 2.75) is 26.3 Å². The number of nitrogens with zero attached hydrogens (tertiary/aromatic N) is 3. The molecule has 0 saturated carbocycles. The zero-order valence-corrected chi connectivity index (χ0v) is 17.8. The molecular formula is C19H17ClFN3O3S2. The van der Waals surface area contributed by atoms with Crippen molar-refractivity contribution in [2.24, 2.45) is 0 Å². The van der Waals surface area contributed by atoms with Gasteiger partial charge in [-0.1, -0.05) is 47.7 Å². The second kappa shape index (κ2) is 9.06. The summed E-state index contributed by atoms with van der Waals surface area (Å²) in [6.07, 6.45) is 1.95. The Hall–Kier alpha value is -2.23. The number of amides is 1. The maximum absolute atomic E-state index is 13.1. The second-order valence-electron chi connectivity index (χ2n) is 6.40. The summed E-state index contributed by atoms with van der Waals surface area (Å²) in [6, 6.07) is 6.06. The van der Waals surface area contributed by atoms with Crippen LogP contribution in [0.25, 0.3) is 6.08 Å². The number of thioether (sulfide) groups is 1. The van der Waals surface area contributed by atoms with Crippen molar-refractivity contribution in [3.63, 3.8) is 0 Å². The van der Waals surface area contributed by atoms with Gasteiger partial charge in [0.2, 0.25) is 0 Å². The van der Waals surface area contributed by atoms with Gasteiger partial charge in [-0.3, -0.25) is 14.5 Å². The standard InChI is InChI=1S/C19H17ClFN3O3S2/c1-11-14(17(20)24(22-11)10-12-4-6-13(21)7-5-12)9-15-18(27)23(19(28)29-15)8-2-3-16(25)26/h4-7,9H,2-3,8,10H2,1H3,(H,25,26)/b15-9-. The number of rotatable bonds is 7. The summed E-state index contributed by atoms with van der Waals surface area (Å²) < 4.78 is 15.1. The average Bonchev–Trinajstić information content (AvgIpc) is 3.08. The van der Waals surface area contributed by atoms with Gasteiger partial charge in [-0.2, -0.15) is 5.10 Å². The van der Waals surface area contributed by atoms with Gasteiger partial charge in [0.15, 0.2) is 0 Å². The number of carboxylic acids is 1. The van der Waals surface area contributed by atoms with Gasteiger partial charge in [0.25, 0.3) is 5.91 Å². The highest BCUT2D eigenvalue weighted by molar-refractivity contribution is 8.26. The molecule has 1 aliphatic rings. The predicted molar refractivity (Wildman–Crippen MR) is 114 cm³/mol. The molecule has 1 amide bonds. The number of halogens is 2. The lowest BCUT2D eigenvalue weighted by Crippen LogP contribution is -2.29. The van der Waals surface area contributed by atoms with E-state index in [4.69, 9.17) is 28.9 Å². The Morgan fingerprint density at radius 3 is 2.72 bits per heavy atom. The van der Waals surface area contributed by atoms with E-state index in [0.29, 0.717) is 38.6 Å². The first-order valence-electron chi connectivity index (χ1n) is 8.70. The van der Waals surface area contributed by atoms with Crippen LogP contribution in [0.4, 0.5) is 4.39 Å². The van der Waals surface area contributed by atoms with E-state index in [1.807, 2.05) is 0 Å². The highest BCUT2D eigenvalue weighted by atomic mass is 35.5. The Morgan fingerprint density at radius 2 is 2.07 bits per heavy atom. The molecule has 1 aromatic heterocycles. The van der Waals surface area contributed by atoms with E-state index < -0.39 is 5.97 Å². The van der Waals surface area contributed by atoms with E-state index in [1.54, 1.807) is 29.8 Å². The zero-order chi connectivity index (χ0) is 21.1. The lowest BCUT2D eigenvalue weighted by molar-refractivity contribution is -0.137. The number of thiocarbonyl (C=S) groups is 1. The molecule has 0 aliphatic carbocycles. The lowest BCUT2D eigenvalue weighted by atomic mass is 10.2. The number of aryl methyl sites for hydroxylation is 1. The third-order valence-corrected chi connectivity index (χ3v) is 6.05. The summed E-state index contributed by atoms with van der Waals surface area (Å²) >= 11 is 12.9.